The van der Waals surface area contributed by atoms with Gasteiger partial charge in [-0.05, 0) is 28.9 Å². The average molecular weight is 335 g/mol. The highest BCUT2D eigenvalue weighted by atomic mass is 127. The first-order valence-electron chi connectivity index (χ1n) is 5.30. The highest BCUT2D eigenvalue weighted by Gasteiger charge is 2.06. The quantitative estimate of drug-likeness (QED) is 0.483. The molecule has 1 aromatic rings. The Balaban J connectivity index is 2.32. The summed E-state index contributed by atoms with van der Waals surface area (Å²) in [6.07, 6.45) is 2.20. The van der Waals surface area contributed by atoms with Crippen molar-refractivity contribution in [3.63, 3.8) is 0 Å². The first-order chi connectivity index (χ1) is 7.74. The Hall–Kier alpha value is -0.650. The van der Waals surface area contributed by atoms with Gasteiger partial charge in [0.25, 0.3) is 0 Å². The summed E-state index contributed by atoms with van der Waals surface area (Å²) in [5.74, 6) is -0.427. The lowest BCUT2D eigenvalue weighted by Gasteiger charge is -2.05. The van der Waals surface area contributed by atoms with Gasteiger partial charge in [0.1, 0.15) is 5.82 Å². The molecule has 2 nitrogen and oxygen atoms in total. The minimum atomic E-state index is -0.315. The molecular formula is C12H15FINO. The Kier molecular flexibility index (Phi) is 6.37. The van der Waals surface area contributed by atoms with Gasteiger partial charge in [0.15, 0.2) is 0 Å². The van der Waals surface area contributed by atoms with Crippen molar-refractivity contribution in [3.8, 4) is 0 Å². The van der Waals surface area contributed by atoms with E-state index in [1.807, 2.05) is 0 Å². The molecule has 0 unspecified atom stereocenters. The molecule has 4 heteroatoms. The van der Waals surface area contributed by atoms with Gasteiger partial charge in [-0.25, -0.2) is 4.39 Å². The Labute approximate surface area is 109 Å². The zero-order valence-electron chi connectivity index (χ0n) is 9.01. The van der Waals surface area contributed by atoms with Crippen LogP contribution in [0.3, 0.4) is 0 Å². The first-order valence-corrected chi connectivity index (χ1v) is 6.82. The van der Waals surface area contributed by atoms with E-state index in [4.69, 9.17) is 0 Å². The van der Waals surface area contributed by atoms with Crippen LogP contribution in [0, 0.1) is 5.82 Å². The SMILES string of the molecule is O=C(Cc1ccccc1F)NCCCCI. The Morgan fingerprint density at radius 2 is 2.06 bits per heavy atom. The van der Waals surface area contributed by atoms with Crippen LogP contribution in [0.15, 0.2) is 24.3 Å². The van der Waals surface area contributed by atoms with Crippen LogP contribution in [0.25, 0.3) is 0 Å². The summed E-state index contributed by atoms with van der Waals surface area (Å²) in [5, 5.41) is 2.78. The van der Waals surface area contributed by atoms with Crippen molar-refractivity contribution in [1.29, 1.82) is 0 Å². The number of carbonyl (C=O) groups is 1. The normalized spacial score (nSPS) is 10.1. The standard InChI is InChI=1S/C12H15FINO/c13-11-6-2-1-5-10(11)9-12(16)15-8-4-3-7-14/h1-2,5-6H,3-4,7-9H2,(H,15,16). The summed E-state index contributed by atoms with van der Waals surface area (Å²) < 4.78 is 14.3. The number of unbranched alkanes of at least 4 members (excludes halogenated alkanes) is 1. The lowest BCUT2D eigenvalue weighted by atomic mass is 10.1. The van der Waals surface area contributed by atoms with Gasteiger partial charge in [0.05, 0.1) is 6.42 Å². The van der Waals surface area contributed by atoms with E-state index < -0.39 is 0 Å². The van der Waals surface area contributed by atoms with Crippen molar-refractivity contribution in [3.05, 3.63) is 35.6 Å². The van der Waals surface area contributed by atoms with Crippen molar-refractivity contribution in [2.45, 2.75) is 19.3 Å². The Bertz CT molecular complexity index is 344. The average Bonchev–Trinajstić information content (AvgIpc) is 2.28. The molecule has 0 aliphatic carbocycles. The number of hydrogen-bond donors (Lipinski definition) is 1. The van der Waals surface area contributed by atoms with Gasteiger partial charge in [-0.2, -0.15) is 0 Å². The molecule has 0 aliphatic rings. The maximum atomic E-state index is 13.2. The van der Waals surface area contributed by atoms with E-state index in [0.717, 1.165) is 17.3 Å². The van der Waals surface area contributed by atoms with Crippen LogP contribution in [0.1, 0.15) is 18.4 Å². The number of rotatable bonds is 6. The number of carbonyl (C=O) groups excluding carboxylic acids is 1. The number of hydrogen-bond acceptors (Lipinski definition) is 1. The van der Waals surface area contributed by atoms with E-state index in [1.54, 1.807) is 18.2 Å². The smallest absolute Gasteiger partial charge is 0.224 e. The van der Waals surface area contributed by atoms with E-state index in [9.17, 15) is 9.18 Å². The number of halogens is 2. The van der Waals surface area contributed by atoms with Crippen LogP contribution in [-0.2, 0) is 11.2 Å². The summed E-state index contributed by atoms with van der Waals surface area (Å²) in [5.41, 5.74) is 0.453. The summed E-state index contributed by atoms with van der Waals surface area (Å²) >= 11 is 2.31. The summed E-state index contributed by atoms with van der Waals surface area (Å²) in [6, 6.07) is 6.37. The fraction of sp³-hybridized carbons (Fsp3) is 0.417. The van der Waals surface area contributed by atoms with Crippen molar-refractivity contribution in [1.82, 2.24) is 5.32 Å². The monoisotopic (exact) mass is 335 g/mol. The molecule has 0 atom stereocenters. The lowest BCUT2D eigenvalue weighted by Crippen LogP contribution is -2.26. The van der Waals surface area contributed by atoms with Crippen molar-refractivity contribution < 1.29 is 9.18 Å². The second kappa shape index (κ2) is 7.60. The summed E-state index contributed by atoms with van der Waals surface area (Å²) in [7, 11) is 0. The van der Waals surface area contributed by atoms with Crippen molar-refractivity contribution in [2.24, 2.45) is 0 Å². The molecule has 16 heavy (non-hydrogen) atoms. The molecule has 1 amide bonds. The van der Waals surface area contributed by atoms with Gasteiger partial charge in [-0.15, -0.1) is 0 Å². The van der Waals surface area contributed by atoms with Crippen LogP contribution in [0.5, 0.6) is 0 Å². The Morgan fingerprint density at radius 1 is 1.31 bits per heavy atom. The van der Waals surface area contributed by atoms with Crippen molar-refractivity contribution in [2.75, 3.05) is 11.0 Å². The van der Waals surface area contributed by atoms with Gasteiger partial charge in [0, 0.05) is 6.54 Å². The summed E-state index contributed by atoms with van der Waals surface area (Å²) in [6.45, 7) is 0.677. The van der Waals surface area contributed by atoms with Gasteiger partial charge in [-0.3, -0.25) is 4.79 Å². The fourth-order valence-electron chi connectivity index (χ4n) is 1.32. The molecular weight excluding hydrogens is 320 g/mol. The second-order valence-corrected chi connectivity index (χ2v) is 4.59. The van der Waals surface area contributed by atoms with Crippen LogP contribution in [0.2, 0.25) is 0 Å². The molecule has 0 spiro atoms. The molecule has 0 bridgehead atoms. The number of benzene rings is 1. The molecule has 0 fully saturated rings. The van der Waals surface area contributed by atoms with E-state index in [2.05, 4.69) is 27.9 Å². The van der Waals surface area contributed by atoms with E-state index in [-0.39, 0.29) is 18.1 Å². The van der Waals surface area contributed by atoms with Gasteiger partial charge in [-0.1, -0.05) is 40.8 Å². The Morgan fingerprint density at radius 3 is 2.75 bits per heavy atom. The molecule has 1 rings (SSSR count). The topological polar surface area (TPSA) is 29.1 Å². The minimum absolute atomic E-state index is 0.112. The van der Waals surface area contributed by atoms with E-state index in [0.29, 0.717) is 12.1 Å². The van der Waals surface area contributed by atoms with Gasteiger partial charge < -0.3 is 5.32 Å². The van der Waals surface area contributed by atoms with Crippen LogP contribution in [-0.4, -0.2) is 16.9 Å². The van der Waals surface area contributed by atoms with Crippen LogP contribution < -0.4 is 5.32 Å². The summed E-state index contributed by atoms with van der Waals surface area (Å²) in [4.78, 5) is 11.4. The predicted octanol–water partition coefficient (Wildman–Crippen LogP) is 2.70. The zero-order valence-corrected chi connectivity index (χ0v) is 11.2. The van der Waals surface area contributed by atoms with E-state index in [1.165, 1.54) is 6.07 Å². The molecule has 1 aromatic carbocycles. The third kappa shape index (κ3) is 4.92. The highest BCUT2D eigenvalue weighted by molar-refractivity contribution is 14.1. The third-order valence-electron chi connectivity index (χ3n) is 2.19. The molecule has 88 valence electrons. The lowest BCUT2D eigenvalue weighted by molar-refractivity contribution is -0.120. The van der Waals surface area contributed by atoms with Gasteiger partial charge in [0.2, 0.25) is 5.91 Å². The maximum absolute atomic E-state index is 13.2. The molecule has 0 heterocycles. The molecule has 0 aliphatic heterocycles. The highest BCUT2D eigenvalue weighted by Crippen LogP contribution is 2.06. The van der Waals surface area contributed by atoms with Crippen LogP contribution in [0.4, 0.5) is 4.39 Å². The van der Waals surface area contributed by atoms with Gasteiger partial charge >= 0.3 is 0 Å². The molecule has 1 N–H and O–H groups in total. The molecule has 0 aromatic heterocycles. The third-order valence-corrected chi connectivity index (χ3v) is 2.95. The molecule has 0 saturated heterocycles. The second-order valence-electron chi connectivity index (χ2n) is 3.51. The molecule has 0 saturated carbocycles. The zero-order chi connectivity index (χ0) is 11.8. The predicted molar refractivity (Wildman–Crippen MR) is 71.2 cm³/mol. The first kappa shape index (κ1) is 13.4. The number of amides is 1. The largest absolute Gasteiger partial charge is 0.356 e. The number of nitrogens with one attached hydrogen (secondary N) is 1. The van der Waals surface area contributed by atoms with E-state index >= 15 is 0 Å². The number of alkyl halides is 1. The molecule has 0 radical (unpaired) electrons. The maximum Gasteiger partial charge on any atom is 0.224 e. The fourth-order valence-corrected chi connectivity index (χ4v) is 1.86. The van der Waals surface area contributed by atoms with Crippen molar-refractivity contribution >= 4 is 28.5 Å². The minimum Gasteiger partial charge on any atom is -0.356 e. The van der Waals surface area contributed by atoms with Crippen LogP contribution >= 0.6 is 22.6 Å².